The van der Waals surface area contributed by atoms with Crippen LogP contribution in [-0.4, -0.2) is 61.6 Å². The van der Waals surface area contributed by atoms with Gasteiger partial charge >= 0.3 is 0 Å². The molecule has 1 aromatic rings. The van der Waals surface area contributed by atoms with Crippen molar-refractivity contribution in [2.45, 2.75) is 26.2 Å². The number of hydrogen-bond donors (Lipinski definition) is 0. The first kappa shape index (κ1) is 18.4. The van der Waals surface area contributed by atoms with E-state index in [1.165, 1.54) is 11.1 Å². The van der Waals surface area contributed by atoms with E-state index in [1.807, 2.05) is 4.90 Å². The Kier molecular flexibility index (Phi) is 7.73. The third-order valence-corrected chi connectivity index (χ3v) is 4.38. The largest absolute Gasteiger partial charge is 0.379 e. The molecule has 1 aliphatic heterocycles. The summed E-state index contributed by atoms with van der Waals surface area (Å²) in [4.78, 5) is 16.7. The van der Waals surface area contributed by atoms with Gasteiger partial charge in [0.05, 0.1) is 25.7 Å². The Balaban J connectivity index is 1.81. The maximum atomic E-state index is 12.5. The molecule has 0 spiro atoms. The lowest BCUT2D eigenvalue weighted by atomic mass is 10.1. The van der Waals surface area contributed by atoms with Gasteiger partial charge in [0.15, 0.2) is 0 Å². The van der Waals surface area contributed by atoms with Gasteiger partial charge in [0.25, 0.3) is 0 Å². The Bertz CT molecular complexity index is 545. The smallest absolute Gasteiger partial charge is 0.222 e. The van der Waals surface area contributed by atoms with Gasteiger partial charge in [0.2, 0.25) is 5.91 Å². The van der Waals surface area contributed by atoms with Crippen molar-refractivity contribution in [3.63, 3.8) is 0 Å². The number of nitrogens with zero attached hydrogens (tertiary/aromatic N) is 3. The molecule has 1 aliphatic rings. The molecule has 0 bridgehead atoms. The number of carbonyl (C=O) groups is 1. The molecule has 0 unspecified atom stereocenters. The summed E-state index contributed by atoms with van der Waals surface area (Å²) in [6.45, 7) is 7.49. The molecule has 5 nitrogen and oxygen atoms in total. The van der Waals surface area contributed by atoms with E-state index in [9.17, 15) is 4.79 Å². The van der Waals surface area contributed by atoms with Crippen LogP contribution in [0, 0.1) is 18.3 Å². The topological polar surface area (TPSA) is 56.6 Å². The number of aryl methyl sites for hydroxylation is 2. The van der Waals surface area contributed by atoms with Gasteiger partial charge in [-0.05, 0) is 18.9 Å². The lowest BCUT2D eigenvalue weighted by Gasteiger charge is -2.30. The first-order valence-electron chi connectivity index (χ1n) is 8.69. The molecular weight excluding hydrogens is 302 g/mol. The molecular formula is C19H27N3O2. The molecule has 0 aliphatic carbocycles. The first-order chi connectivity index (χ1) is 11.7. The summed E-state index contributed by atoms with van der Waals surface area (Å²) in [6.07, 6.45) is 1.64. The van der Waals surface area contributed by atoms with E-state index in [0.29, 0.717) is 25.9 Å². The number of rotatable bonds is 8. The summed E-state index contributed by atoms with van der Waals surface area (Å²) in [6, 6.07) is 10.5. The maximum Gasteiger partial charge on any atom is 0.222 e. The van der Waals surface area contributed by atoms with E-state index in [2.05, 4.69) is 42.2 Å². The maximum absolute atomic E-state index is 12.5. The van der Waals surface area contributed by atoms with Gasteiger partial charge in [-0.1, -0.05) is 29.8 Å². The fraction of sp³-hybridized carbons (Fsp3) is 0.579. The SMILES string of the molecule is Cc1ccc(CCC(=O)N(CCC#N)CCN2CCOCC2)cc1. The van der Waals surface area contributed by atoms with Crippen molar-refractivity contribution in [1.82, 2.24) is 9.80 Å². The number of ether oxygens (including phenoxy) is 1. The summed E-state index contributed by atoms with van der Waals surface area (Å²) in [5, 5.41) is 8.83. The Morgan fingerprint density at radius 3 is 2.62 bits per heavy atom. The van der Waals surface area contributed by atoms with E-state index >= 15 is 0 Å². The van der Waals surface area contributed by atoms with Crippen molar-refractivity contribution in [3.05, 3.63) is 35.4 Å². The number of morpholine rings is 1. The minimum Gasteiger partial charge on any atom is -0.379 e. The Morgan fingerprint density at radius 2 is 1.96 bits per heavy atom. The van der Waals surface area contributed by atoms with E-state index in [0.717, 1.165) is 39.3 Å². The van der Waals surface area contributed by atoms with Crippen LogP contribution < -0.4 is 0 Å². The zero-order valence-electron chi connectivity index (χ0n) is 14.5. The quantitative estimate of drug-likeness (QED) is 0.732. The zero-order chi connectivity index (χ0) is 17.2. The van der Waals surface area contributed by atoms with Crippen LogP contribution in [0.4, 0.5) is 0 Å². The number of carbonyl (C=O) groups excluding carboxylic acids is 1. The van der Waals surface area contributed by atoms with Gasteiger partial charge in [0, 0.05) is 39.1 Å². The molecule has 24 heavy (non-hydrogen) atoms. The highest BCUT2D eigenvalue weighted by molar-refractivity contribution is 5.76. The van der Waals surface area contributed by atoms with Gasteiger partial charge in [-0.2, -0.15) is 5.26 Å². The third kappa shape index (κ3) is 6.31. The lowest BCUT2D eigenvalue weighted by molar-refractivity contribution is -0.131. The van der Waals surface area contributed by atoms with Crippen LogP contribution >= 0.6 is 0 Å². The van der Waals surface area contributed by atoms with E-state index in [1.54, 1.807) is 0 Å². The second-order valence-corrected chi connectivity index (χ2v) is 6.23. The molecule has 0 saturated carbocycles. The van der Waals surface area contributed by atoms with Crippen LogP contribution in [0.3, 0.4) is 0 Å². The summed E-state index contributed by atoms with van der Waals surface area (Å²) in [5.41, 5.74) is 2.41. The fourth-order valence-corrected chi connectivity index (χ4v) is 2.80. The van der Waals surface area contributed by atoms with Gasteiger partial charge in [-0.25, -0.2) is 0 Å². The van der Waals surface area contributed by atoms with Gasteiger partial charge in [-0.3, -0.25) is 9.69 Å². The van der Waals surface area contributed by atoms with Crippen molar-refractivity contribution in [1.29, 1.82) is 5.26 Å². The Hall–Kier alpha value is -1.90. The molecule has 0 N–H and O–H groups in total. The molecule has 130 valence electrons. The Labute approximate surface area is 144 Å². The van der Waals surface area contributed by atoms with Crippen LogP contribution in [0.15, 0.2) is 24.3 Å². The highest BCUT2D eigenvalue weighted by atomic mass is 16.5. The molecule has 1 fully saturated rings. The van der Waals surface area contributed by atoms with Gasteiger partial charge in [-0.15, -0.1) is 0 Å². The van der Waals surface area contributed by atoms with Crippen LogP contribution in [0.25, 0.3) is 0 Å². The summed E-state index contributed by atoms with van der Waals surface area (Å²) in [5.74, 6) is 0.138. The van der Waals surface area contributed by atoms with Crippen LogP contribution in [0.2, 0.25) is 0 Å². The number of hydrogen-bond acceptors (Lipinski definition) is 4. The first-order valence-corrected chi connectivity index (χ1v) is 8.69. The monoisotopic (exact) mass is 329 g/mol. The molecule has 5 heteroatoms. The predicted molar refractivity (Wildman–Crippen MR) is 93.6 cm³/mol. The molecule has 1 saturated heterocycles. The van der Waals surface area contributed by atoms with Crippen molar-refractivity contribution in [2.75, 3.05) is 45.9 Å². The second-order valence-electron chi connectivity index (χ2n) is 6.23. The minimum absolute atomic E-state index is 0.138. The van der Waals surface area contributed by atoms with E-state index in [4.69, 9.17) is 10.00 Å². The number of amides is 1. The highest BCUT2D eigenvalue weighted by Crippen LogP contribution is 2.08. The second kappa shape index (κ2) is 10.1. The molecule has 0 atom stereocenters. The van der Waals surface area contributed by atoms with Gasteiger partial charge < -0.3 is 9.64 Å². The van der Waals surface area contributed by atoms with Crippen molar-refractivity contribution >= 4 is 5.91 Å². The summed E-state index contributed by atoms with van der Waals surface area (Å²) >= 11 is 0. The van der Waals surface area contributed by atoms with Crippen molar-refractivity contribution < 1.29 is 9.53 Å². The Morgan fingerprint density at radius 1 is 1.25 bits per heavy atom. The third-order valence-electron chi connectivity index (χ3n) is 4.38. The van der Waals surface area contributed by atoms with Gasteiger partial charge in [0.1, 0.15) is 0 Å². The standard InChI is InChI=1S/C19H27N3O2/c1-17-3-5-18(6-4-17)7-8-19(23)22(10-2-9-20)12-11-21-13-15-24-16-14-21/h3-6H,2,7-8,10-16H2,1H3. The summed E-state index contributed by atoms with van der Waals surface area (Å²) in [7, 11) is 0. The zero-order valence-corrected chi connectivity index (χ0v) is 14.5. The highest BCUT2D eigenvalue weighted by Gasteiger charge is 2.16. The summed E-state index contributed by atoms with van der Waals surface area (Å²) < 4.78 is 5.35. The molecule has 2 rings (SSSR count). The minimum atomic E-state index is 0.138. The number of nitriles is 1. The molecule has 1 amide bonds. The average molecular weight is 329 g/mol. The molecule has 1 heterocycles. The normalized spacial score (nSPS) is 15.0. The molecule has 1 aromatic carbocycles. The van der Waals surface area contributed by atoms with E-state index in [-0.39, 0.29) is 5.91 Å². The van der Waals surface area contributed by atoms with E-state index < -0.39 is 0 Å². The predicted octanol–water partition coefficient (Wildman–Crippen LogP) is 2.00. The fourth-order valence-electron chi connectivity index (χ4n) is 2.80. The van der Waals surface area contributed by atoms with Crippen molar-refractivity contribution in [2.24, 2.45) is 0 Å². The molecule has 0 radical (unpaired) electrons. The van der Waals surface area contributed by atoms with Crippen LogP contribution in [0.1, 0.15) is 24.0 Å². The van der Waals surface area contributed by atoms with Crippen molar-refractivity contribution in [3.8, 4) is 6.07 Å². The molecule has 0 aromatic heterocycles. The van der Waals surface area contributed by atoms with Crippen LogP contribution in [0.5, 0.6) is 0 Å². The van der Waals surface area contributed by atoms with Crippen LogP contribution in [-0.2, 0) is 16.0 Å². The lowest BCUT2D eigenvalue weighted by Crippen LogP contribution is -2.43. The number of benzene rings is 1. The average Bonchev–Trinajstić information content (AvgIpc) is 2.62.